The normalized spacial score (nSPS) is 27.6. The van der Waals surface area contributed by atoms with E-state index in [9.17, 15) is 5.11 Å². The maximum absolute atomic E-state index is 9.76. The summed E-state index contributed by atoms with van der Waals surface area (Å²) in [5, 5.41) is 22.8. The van der Waals surface area contributed by atoms with Gasteiger partial charge in [-0.05, 0) is 32.2 Å². The average molecular weight is 284 g/mol. The Balaban J connectivity index is 1.97. The van der Waals surface area contributed by atoms with E-state index >= 15 is 0 Å². The van der Waals surface area contributed by atoms with E-state index < -0.39 is 0 Å². The van der Waals surface area contributed by atoms with Gasteiger partial charge in [-0.2, -0.15) is 0 Å². The third kappa shape index (κ3) is 3.70. The van der Waals surface area contributed by atoms with Gasteiger partial charge >= 0.3 is 0 Å². The number of aliphatic hydroxyl groups excluding tert-OH is 1. The van der Waals surface area contributed by atoms with Crippen LogP contribution in [-0.4, -0.2) is 43.8 Å². The third-order valence-electron chi connectivity index (χ3n) is 3.79. The predicted octanol–water partition coefficient (Wildman–Crippen LogP) is 1.58. The fourth-order valence-electron chi connectivity index (χ4n) is 2.69. The lowest BCUT2D eigenvalue weighted by Gasteiger charge is -2.40. The molecule has 1 fully saturated rings. The number of thioether (sulfide) groups is 1. The minimum atomic E-state index is -0.0927. The standard InChI is InChI=1S/C13H24N4OS/c1-3-7-14-13(9-18)6-4-5-11(8-13)19-12-16-15-10-17(12)2/h10-11,14,18H,3-9H2,1-2H3. The van der Waals surface area contributed by atoms with Gasteiger partial charge in [-0.1, -0.05) is 25.1 Å². The van der Waals surface area contributed by atoms with Gasteiger partial charge in [0, 0.05) is 17.8 Å². The van der Waals surface area contributed by atoms with Gasteiger partial charge in [0.2, 0.25) is 0 Å². The molecule has 0 saturated heterocycles. The average Bonchev–Trinajstić information content (AvgIpc) is 2.82. The van der Waals surface area contributed by atoms with Crippen molar-refractivity contribution in [2.75, 3.05) is 13.2 Å². The molecule has 1 aliphatic rings. The summed E-state index contributed by atoms with van der Waals surface area (Å²) >= 11 is 1.79. The molecule has 0 bridgehead atoms. The van der Waals surface area contributed by atoms with E-state index in [4.69, 9.17) is 0 Å². The number of hydrogen-bond donors (Lipinski definition) is 2. The molecular weight excluding hydrogens is 260 g/mol. The molecule has 1 aromatic heterocycles. The summed E-state index contributed by atoms with van der Waals surface area (Å²) in [7, 11) is 1.97. The second kappa shape index (κ2) is 6.72. The molecule has 0 amide bonds. The number of aryl methyl sites for hydroxylation is 1. The van der Waals surface area contributed by atoms with Crippen LogP contribution in [-0.2, 0) is 7.05 Å². The summed E-state index contributed by atoms with van der Waals surface area (Å²) in [6, 6.07) is 0. The van der Waals surface area contributed by atoms with Gasteiger partial charge in [0.1, 0.15) is 6.33 Å². The number of aliphatic hydroxyl groups is 1. The first-order valence-electron chi connectivity index (χ1n) is 7.05. The van der Waals surface area contributed by atoms with Crippen LogP contribution in [0.3, 0.4) is 0 Å². The van der Waals surface area contributed by atoms with E-state index in [1.165, 1.54) is 6.42 Å². The largest absolute Gasteiger partial charge is 0.394 e. The Bertz CT molecular complexity index is 398. The molecule has 0 aliphatic heterocycles. The first-order chi connectivity index (χ1) is 9.19. The van der Waals surface area contributed by atoms with E-state index in [1.807, 2.05) is 11.6 Å². The van der Waals surface area contributed by atoms with Gasteiger partial charge in [-0.25, -0.2) is 0 Å². The zero-order valence-corrected chi connectivity index (χ0v) is 12.6. The fourth-order valence-corrected chi connectivity index (χ4v) is 3.98. The van der Waals surface area contributed by atoms with Crippen LogP contribution in [0.2, 0.25) is 0 Å². The minimum Gasteiger partial charge on any atom is -0.394 e. The Hall–Kier alpha value is -0.590. The van der Waals surface area contributed by atoms with Crippen molar-refractivity contribution < 1.29 is 5.11 Å². The van der Waals surface area contributed by atoms with Crippen molar-refractivity contribution in [1.29, 1.82) is 0 Å². The fraction of sp³-hybridized carbons (Fsp3) is 0.846. The molecule has 108 valence electrons. The zero-order valence-electron chi connectivity index (χ0n) is 11.8. The molecule has 19 heavy (non-hydrogen) atoms. The molecular formula is C13H24N4OS. The first-order valence-corrected chi connectivity index (χ1v) is 7.93. The number of hydrogen-bond acceptors (Lipinski definition) is 5. The van der Waals surface area contributed by atoms with Gasteiger partial charge in [-0.3, -0.25) is 0 Å². The highest BCUT2D eigenvalue weighted by molar-refractivity contribution is 7.99. The first kappa shape index (κ1) is 14.8. The molecule has 5 nitrogen and oxygen atoms in total. The number of nitrogens with one attached hydrogen (secondary N) is 1. The van der Waals surface area contributed by atoms with Gasteiger partial charge in [0.05, 0.1) is 6.61 Å². The number of rotatable bonds is 6. The lowest BCUT2D eigenvalue weighted by molar-refractivity contribution is 0.124. The lowest BCUT2D eigenvalue weighted by atomic mass is 9.82. The molecule has 2 unspecified atom stereocenters. The second-order valence-corrected chi connectivity index (χ2v) is 6.69. The van der Waals surface area contributed by atoms with Gasteiger partial charge < -0.3 is 15.0 Å². The van der Waals surface area contributed by atoms with Crippen LogP contribution >= 0.6 is 11.8 Å². The van der Waals surface area contributed by atoms with Crippen LogP contribution in [0.4, 0.5) is 0 Å². The highest BCUT2D eigenvalue weighted by Gasteiger charge is 2.36. The summed E-state index contributed by atoms with van der Waals surface area (Å²) in [5.74, 6) is 0. The van der Waals surface area contributed by atoms with Crippen LogP contribution in [0.1, 0.15) is 39.0 Å². The van der Waals surface area contributed by atoms with E-state index in [2.05, 4.69) is 22.4 Å². The molecule has 1 aliphatic carbocycles. The monoisotopic (exact) mass is 284 g/mol. The van der Waals surface area contributed by atoms with E-state index in [-0.39, 0.29) is 12.1 Å². The molecule has 0 aromatic carbocycles. The molecule has 2 atom stereocenters. The highest BCUT2D eigenvalue weighted by atomic mass is 32.2. The van der Waals surface area contributed by atoms with E-state index in [1.54, 1.807) is 18.1 Å². The van der Waals surface area contributed by atoms with Crippen molar-refractivity contribution in [3.05, 3.63) is 6.33 Å². The van der Waals surface area contributed by atoms with Crippen molar-refractivity contribution in [3.8, 4) is 0 Å². The highest BCUT2D eigenvalue weighted by Crippen LogP contribution is 2.37. The Morgan fingerprint density at radius 2 is 2.47 bits per heavy atom. The molecule has 2 rings (SSSR count). The number of aromatic nitrogens is 3. The maximum Gasteiger partial charge on any atom is 0.191 e. The molecule has 1 heterocycles. The van der Waals surface area contributed by atoms with Gasteiger partial charge in [0.15, 0.2) is 5.16 Å². The van der Waals surface area contributed by atoms with Crippen molar-refractivity contribution >= 4 is 11.8 Å². The van der Waals surface area contributed by atoms with E-state index in [0.29, 0.717) is 5.25 Å². The van der Waals surface area contributed by atoms with Crippen LogP contribution in [0.25, 0.3) is 0 Å². The maximum atomic E-state index is 9.76. The van der Waals surface area contributed by atoms with Crippen molar-refractivity contribution in [2.24, 2.45) is 7.05 Å². The molecule has 0 radical (unpaired) electrons. The molecule has 0 spiro atoms. The second-order valence-electron chi connectivity index (χ2n) is 5.43. The lowest BCUT2D eigenvalue weighted by Crippen LogP contribution is -2.52. The zero-order chi connectivity index (χ0) is 13.7. The smallest absolute Gasteiger partial charge is 0.191 e. The SMILES string of the molecule is CCCNC1(CO)CCCC(Sc2nncn2C)C1. The minimum absolute atomic E-state index is 0.0927. The Kier molecular flexibility index (Phi) is 5.24. The Morgan fingerprint density at radius 1 is 1.63 bits per heavy atom. The Labute approximate surface area is 119 Å². The molecule has 2 N–H and O–H groups in total. The number of nitrogens with zero attached hydrogens (tertiary/aromatic N) is 3. The van der Waals surface area contributed by atoms with Crippen molar-refractivity contribution in [1.82, 2.24) is 20.1 Å². The predicted molar refractivity (Wildman–Crippen MR) is 77.2 cm³/mol. The van der Waals surface area contributed by atoms with Gasteiger partial charge in [-0.15, -0.1) is 10.2 Å². The van der Waals surface area contributed by atoms with Crippen molar-refractivity contribution in [3.63, 3.8) is 0 Å². The third-order valence-corrected chi connectivity index (χ3v) is 5.11. The summed E-state index contributed by atoms with van der Waals surface area (Å²) in [5.41, 5.74) is -0.0927. The quantitative estimate of drug-likeness (QED) is 0.830. The van der Waals surface area contributed by atoms with E-state index in [0.717, 1.165) is 37.4 Å². The topological polar surface area (TPSA) is 63.0 Å². The molecule has 1 saturated carbocycles. The van der Waals surface area contributed by atoms with Crippen LogP contribution in [0.15, 0.2) is 11.5 Å². The van der Waals surface area contributed by atoms with Crippen LogP contribution in [0.5, 0.6) is 0 Å². The van der Waals surface area contributed by atoms with Crippen molar-refractivity contribution in [2.45, 2.75) is 55.0 Å². The van der Waals surface area contributed by atoms with Crippen LogP contribution < -0.4 is 5.32 Å². The summed E-state index contributed by atoms with van der Waals surface area (Å²) < 4.78 is 1.96. The molecule has 1 aromatic rings. The Morgan fingerprint density at radius 3 is 3.11 bits per heavy atom. The van der Waals surface area contributed by atoms with Crippen LogP contribution in [0, 0.1) is 0 Å². The summed E-state index contributed by atoms with van der Waals surface area (Å²) in [4.78, 5) is 0. The molecule has 6 heteroatoms. The summed E-state index contributed by atoms with van der Waals surface area (Å²) in [6.07, 6.45) is 7.25. The van der Waals surface area contributed by atoms with Gasteiger partial charge in [0.25, 0.3) is 0 Å². The summed E-state index contributed by atoms with van der Waals surface area (Å²) in [6.45, 7) is 3.36.